The average Bonchev–Trinajstić information content (AvgIpc) is 2.86. The van der Waals surface area contributed by atoms with Gasteiger partial charge in [0.2, 0.25) is 6.79 Å². The zero-order valence-electron chi connectivity index (χ0n) is 9.11. The molecule has 5 nitrogen and oxygen atoms in total. The van der Waals surface area contributed by atoms with Crippen LogP contribution < -0.4 is 15.2 Å². The number of aromatic nitrogens is 2. The lowest BCUT2D eigenvalue weighted by Crippen LogP contribution is -1.98. The molecular weight excluding hydrogens is 286 g/mol. The Bertz CT molecular complexity index is 595. The lowest BCUT2D eigenvalue weighted by molar-refractivity contribution is 0.174. The summed E-state index contributed by atoms with van der Waals surface area (Å²) >= 11 is 3.50. The van der Waals surface area contributed by atoms with Crippen LogP contribution >= 0.6 is 15.9 Å². The van der Waals surface area contributed by atoms with Crippen LogP contribution in [0.25, 0.3) is 11.1 Å². The molecule has 6 heteroatoms. The number of aryl methyl sites for hydroxylation is 1. The quantitative estimate of drug-likeness (QED) is 0.876. The Morgan fingerprint density at radius 1 is 1.29 bits per heavy atom. The van der Waals surface area contributed by atoms with Gasteiger partial charge in [0.1, 0.15) is 5.82 Å². The van der Waals surface area contributed by atoms with E-state index in [0.29, 0.717) is 5.82 Å². The van der Waals surface area contributed by atoms with E-state index >= 15 is 0 Å². The summed E-state index contributed by atoms with van der Waals surface area (Å²) < 4.78 is 13.2. The van der Waals surface area contributed by atoms with E-state index in [2.05, 4.69) is 21.0 Å². The van der Waals surface area contributed by atoms with Gasteiger partial charge in [0.15, 0.2) is 11.5 Å². The SMILES string of the molecule is Cn1ncc(-c2cc3c(cc2Br)OCO3)c1N. The zero-order valence-corrected chi connectivity index (χ0v) is 10.7. The van der Waals surface area contributed by atoms with Crippen LogP contribution in [0.5, 0.6) is 11.5 Å². The Kier molecular flexibility index (Phi) is 2.25. The van der Waals surface area contributed by atoms with Crippen LogP contribution in [0.15, 0.2) is 22.8 Å². The minimum Gasteiger partial charge on any atom is -0.454 e. The van der Waals surface area contributed by atoms with E-state index in [9.17, 15) is 0 Å². The van der Waals surface area contributed by atoms with Crippen molar-refractivity contribution in [1.82, 2.24) is 9.78 Å². The second kappa shape index (κ2) is 3.66. The molecule has 2 aromatic rings. The van der Waals surface area contributed by atoms with Gasteiger partial charge in [-0.3, -0.25) is 4.68 Å². The van der Waals surface area contributed by atoms with Crippen molar-refractivity contribution in [3.63, 3.8) is 0 Å². The fraction of sp³-hybridized carbons (Fsp3) is 0.182. The highest BCUT2D eigenvalue weighted by molar-refractivity contribution is 9.10. The number of hydrogen-bond donors (Lipinski definition) is 1. The number of anilines is 1. The molecule has 0 atom stereocenters. The van der Waals surface area contributed by atoms with Gasteiger partial charge < -0.3 is 15.2 Å². The number of nitrogens with zero attached hydrogens (tertiary/aromatic N) is 2. The van der Waals surface area contributed by atoms with Crippen molar-refractivity contribution in [3.8, 4) is 22.6 Å². The molecule has 0 bridgehead atoms. The van der Waals surface area contributed by atoms with E-state index in [1.807, 2.05) is 12.1 Å². The minimum absolute atomic E-state index is 0.258. The fourth-order valence-corrected chi connectivity index (χ4v) is 2.31. The molecule has 0 spiro atoms. The van der Waals surface area contributed by atoms with E-state index in [1.165, 1.54) is 0 Å². The maximum absolute atomic E-state index is 5.96. The summed E-state index contributed by atoms with van der Waals surface area (Å²) in [5.41, 5.74) is 7.77. The van der Waals surface area contributed by atoms with Crippen LogP contribution in [0.4, 0.5) is 5.82 Å². The first-order chi connectivity index (χ1) is 8.16. The van der Waals surface area contributed by atoms with Crippen molar-refractivity contribution < 1.29 is 9.47 Å². The lowest BCUT2D eigenvalue weighted by Gasteiger charge is -2.05. The third kappa shape index (κ3) is 1.56. The fourth-order valence-electron chi connectivity index (χ4n) is 1.78. The predicted octanol–water partition coefficient (Wildman–Crippen LogP) is 2.16. The summed E-state index contributed by atoms with van der Waals surface area (Å²) in [7, 11) is 1.81. The van der Waals surface area contributed by atoms with E-state index < -0.39 is 0 Å². The second-order valence-corrected chi connectivity index (χ2v) is 4.61. The Morgan fingerprint density at radius 2 is 2.00 bits per heavy atom. The molecular formula is C11H10BrN3O2. The number of nitrogens with two attached hydrogens (primary N) is 1. The molecule has 3 rings (SSSR count). The van der Waals surface area contributed by atoms with Crippen molar-refractivity contribution in [2.24, 2.45) is 7.05 Å². The summed E-state index contributed by atoms with van der Waals surface area (Å²) in [5, 5.41) is 4.13. The van der Waals surface area contributed by atoms with Gasteiger partial charge in [-0.25, -0.2) is 0 Å². The minimum atomic E-state index is 0.258. The molecule has 0 fully saturated rings. The molecule has 1 aromatic carbocycles. The third-order valence-electron chi connectivity index (χ3n) is 2.74. The van der Waals surface area contributed by atoms with Crippen LogP contribution in [0, 0.1) is 0 Å². The Morgan fingerprint density at radius 3 is 2.65 bits per heavy atom. The maximum atomic E-state index is 5.96. The molecule has 0 amide bonds. The standard InChI is InChI=1S/C11H10BrN3O2/c1-15-11(13)7(4-14-15)6-2-9-10(3-8(6)12)17-5-16-9/h2-4H,5,13H2,1H3. The first-order valence-electron chi connectivity index (χ1n) is 5.04. The normalized spacial score (nSPS) is 13.1. The second-order valence-electron chi connectivity index (χ2n) is 3.75. The molecule has 2 heterocycles. The monoisotopic (exact) mass is 295 g/mol. The van der Waals surface area contributed by atoms with Gasteiger partial charge >= 0.3 is 0 Å². The highest BCUT2D eigenvalue weighted by Crippen LogP contribution is 2.42. The number of nitrogen functional groups attached to an aromatic ring is 1. The first-order valence-corrected chi connectivity index (χ1v) is 5.83. The number of halogens is 1. The summed E-state index contributed by atoms with van der Waals surface area (Å²) in [6, 6.07) is 3.78. The van der Waals surface area contributed by atoms with Crippen molar-refractivity contribution in [2.45, 2.75) is 0 Å². The Labute approximate surface area is 106 Å². The van der Waals surface area contributed by atoms with Crippen LogP contribution in [0.2, 0.25) is 0 Å². The number of hydrogen-bond acceptors (Lipinski definition) is 4. The van der Waals surface area contributed by atoms with E-state index in [-0.39, 0.29) is 6.79 Å². The first kappa shape index (κ1) is 10.5. The van der Waals surface area contributed by atoms with Crippen molar-refractivity contribution >= 4 is 21.7 Å². The molecule has 2 N–H and O–H groups in total. The molecule has 1 aromatic heterocycles. The summed E-state index contributed by atoms with van der Waals surface area (Å²) in [6.07, 6.45) is 1.73. The molecule has 0 saturated heterocycles. The Hall–Kier alpha value is -1.69. The maximum Gasteiger partial charge on any atom is 0.231 e. The van der Waals surface area contributed by atoms with Gasteiger partial charge in [-0.1, -0.05) is 15.9 Å². The highest BCUT2D eigenvalue weighted by atomic mass is 79.9. The number of benzene rings is 1. The number of rotatable bonds is 1. The predicted molar refractivity (Wildman–Crippen MR) is 66.9 cm³/mol. The lowest BCUT2D eigenvalue weighted by atomic mass is 10.1. The number of fused-ring (bicyclic) bond motifs is 1. The molecule has 1 aliphatic heterocycles. The summed E-state index contributed by atoms with van der Waals surface area (Å²) in [5.74, 6) is 2.08. The van der Waals surface area contributed by atoms with Crippen LogP contribution in [0.1, 0.15) is 0 Å². The van der Waals surface area contributed by atoms with Gasteiger partial charge in [0, 0.05) is 22.6 Å². The van der Waals surface area contributed by atoms with Gasteiger partial charge in [-0.15, -0.1) is 0 Å². The molecule has 0 aliphatic carbocycles. The van der Waals surface area contributed by atoms with E-state index in [4.69, 9.17) is 15.2 Å². The molecule has 88 valence electrons. The zero-order chi connectivity index (χ0) is 12.0. The van der Waals surface area contributed by atoms with Crippen molar-refractivity contribution in [2.75, 3.05) is 12.5 Å². The number of ether oxygens (including phenoxy) is 2. The van der Waals surface area contributed by atoms with Gasteiger partial charge in [0.25, 0.3) is 0 Å². The summed E-state index contributed by atoms with van der Waals surface area (Å²) in [4.78, 5) is 0. The molecule has 17 heavy (non-hydrogen) atoms. The van der Waals surface area contributed by atoms with Crippen molar-refractivity contribution in [1.29, 1.82) is 0 Å². The smallest absolute Gasteiger partial charge is 0.231 e. The molecule has 0 saturated carbocycles. The van der Waals surface area contributed by atoms with Crippen LogP contribution in [-0.2, 0) is 7.05 Å². The summed E-state index contributed by atoms with van der Waals surface area (Å²) in [6.45, 7) is 0.258. The van der Waals surface area contributed by atoms with Gasteiger partial charge in [-0.2, -0.15) is 5.10 Å². The Balaban J connectivity index is 2.18. The topological polar surface area (TPSA) is 62.3 Å². The van der Waals surface area contributed by atoms with E-state index in [0.717, 1.165) is 27.1 Å². The molecule has 1 aliphatic rings. The molecule has 0 radical (unpaired) electrons. The third-order valence-corrected chi connectivity index (χ3v) is 3.39. The van der Waals surface area contributed by atoms with E-state index in [1.54, 1.807) is 17.9 Å². The van der Waals surface area contributed by atoms with Crippen molar-refractivity contribution in [3.05, 3.63) is 22.8 Å². The molecule has 0 unspecified atom stereocenters. The highest BCUT2D eigenvalue weighted by Gasteiger charge is 2.19. The van der Waals surface area contributed by atoms with Crippen LogP contribution in [0.3, 0.4) is 0 Å². The van der Waals surface area contributed by atoms with Crippen LogP contribution in [-0.4, -0.2) is 16.6 Å². The largest absolute Gasteiger partial charge is 0.454 e. The average molecular weight is 296 g/mol. The van der Waals surface area contributed by atoms with Gasteiger partial charge in [-0.05, 0) is 12.1 Å². The van der Waals surface area contributed by atoms with Gasteiger partial charge in [0.05, 0.1) is 6.20 Å².